The van der Waals surface area contributed by atoms with Crippen molar-refractivity contribution in [1.82, 2.24) is 14.9 Å². The topological polar surface area (TPSA) is 66.1 Å². The van der Waals surface area contributed by atoms with Gasteiger partial charge in [0.25, 0.3) is 5.56 Å². The standard InChI is InChI=1S/C22H20FN3O2/c1-14-24-20-13-26(12-18(20)22(28)25-14)21(27)11-17(15-7-3-2-4-8-15)16-9-5-6-10-19(16)23/h2-10,17H,11-13H2,1H3,(H,24,25,28)/t17-/m1/s1. The van der Waals surface area contributed by atoms with Crippen LogP contribution in [-0.2, 0) is 17.9 Å². The van der Waals surface area contributed by atoms with E-state index in [0.29, 0.717) is 29.2 Å². The molecule has 1 atom stereocenters. The zero-order chi connectivity index (χ0) is 19.7. The summed E-state index contributed by atoms with van der Waals surface area (Å²) in [5, 5.41) is 0. The van der Waals surface area contributed by atoms with Crippen LogP contribution in [0.15, 0.2) is 59.4 Å². The van der Waals surface area contributed by atoms with Gasteiger partial charge in [0.1, 0.15) is 11.6 Å². The Morgan fingerprint density at radius 2 is 1.86 bits per heavy atom. The summed E-state index contributed by atoms with van der Waals surface area (Å²) in [6.07, 6.45) is 0.121. The number of carbonyl (C=O) groups excluding carboxylic acids is 1. The summed E-state index contributed by atoms with van der Waals surface area (Å²) in [5.41, 5.74) is 2.33. The molecule has 6 heteroatoms. The lowest BCUT2D eigenvalue weighted by molar-refractivity contribution is -0.132. The molecule has 3 aromatic rings. The number of fused-ring (bicyclic) bond motifs is 1. The van der Waals surface area contributed by atoms with E-state index in [9.17, 15) is 14.0 Å². The average molecular weight is 377 g/mol. The van der Waals surface area contributed by atoms with Crippen LogP contribution < -0.4 is 5.56 Å². The molecule has 0 saturated carbocycles. The molecule has 2 heterocycles. The zero-order valence-corrected chi connectivity index (χ0v) is 15.5. The molecule has 1 aliphatic rings. The molecule has 0 fully saturated rings. The monoisotopic (exact) mass is 377 g/mol. The van der Waals surface area contributed by atoms with Crippen molar-refractivity contribution in [1.29, 1.82) is 0 Å². The first-order valence-corrected chi connectivity index (χ1v) is 9.18. The van der Waals surface area contributed by atoms with Gasteiger partial charge in [0.05, 0.1) is 24.3 Å². The highest BCUT2D eigenvalue weighted by molar-refractivity contribution is 5.78. The fraction of sp³-hybridized carbons (Fsp3) is 0.227. The zero-order valence-electron chi connectivity index (χ0n) is 15.5. The van der Waals surface area contributed by atoms with E-state index >= 15 is 0 Å². The number of hydrogen-bond acceptors (Lipinski definition) is 3. The largest absolute Gasteiger partial charge is 0.332 e. The first kappa shape index (κ1) is 18.1. The van der Waals surface area contributed by atoms with Crippen LogP contribution in [0.4, 0.5) is 4.39 Å². The molecule has 2 aromatic carbocycles. The van der Waals surface area contributed by atoms with E-state index in [1.807, 2.05) is 30.3 Å². The van der Waals surface area contributed by atoms with Gasteiger partial charge in [-0.25, -0.2) is 9.37 Å². The van der Waals surface area contributed by atoms with E-state index in [4.69, 9.17) is 0 Å². The van der Waals surface area contributed by atoms with Crippen molar-refractivity contribution in [2.75, 3.05) is 0 Å². The molecule has 28 heavy (non-hydrogen) atoms. The first-order chi connectivity index (χ1) is 13.5. The summed E-state index contributed by atoms with van der Waals surface area (Å²) < 4.78 is 14.5. The summed E-state index contributed by atoms with van der Waals surface area (Å²) in [7, 11) is 0. The van der Waals surface area contributed by atoms with Crippen LogP contribution in [-0.4, -0.2) is 20.8 Å². The predicted molar refractivity (Wildman–Crippen MR) is 103 cm³/mol. The number of aryl methyl sites for hydroxylation is 1. The third-order valence-electron chi connectivity index (χ3n) is 5.12. The number of aromatic nitrogens is 2. The molecule has 1 aromatic heterocycles. The number of nitrogens with one attached hydrogen (secondary N) is 1. The van der Waals surface area contributed by atoms with Crippen molar-refractivity contribution >= 4 is 5.91 Å². The van der Waals surface area contributed by atoms with E-state index < -0.39 is 5.92 Å². The minimum Gasteiger partial charge on any atom is -0.332 e. The van der Waals surface area contributed by atoms with Crippen molar-refractivity contribution in [3.8, 4) is 0 Å². The molecule has 5 nitrogen and oxygen atoms in total. The second kappa shape index (κ2) is 7.38. The summed E-state index contributed by atoms with van der Waals surface area (Å²) in [4.78, 5) is 33.8. The minimum absolute atomic E-state index is 0.121. The third-order valence-corrected chi connectivity index (χ3v) is 5.12. The Morgan fingerprint density at radius 3 is 2.61 bits per heavy atom. The Morgan fingerprint density at radius 1 is 1.14 bits per heavy atom. The number of nitrogens with zero attached hydrogens (tertiary/aromatic N) is 2. The minimum atomic E-state index is -0.397. The van der Waals surface area contributed by atoms with Gasteiger partial charge in [-0.2, -0.15) is 0 Å². The van der Waals surface area contributed by atoms with Crippen molar-refractivity contribution < 1.29 is 9.18 Å². The van der Waals surface area contributed by atoms with Gasteiger partial charge in [-0.3, -0.25) is 9.59 Å². The highest BCUT2D eigenvalue weighted by atomic mass is 19.1. The van der Waals surface area contributed by atoms with E-state index in [1.54, 1.807) is 30.0 Å². The first-order valence-electron chi connectivity index (χ1n) is 9.18. The molecule has 1 aliphatic heterocycles. The number of amides is 1. The lowest BCUT2D eigenvalue weighted by Gasteiger charge is -2.22. The lowest BCUT2D eigenvalue weighted by atomic mass is 9.88. The molecule has 1 amide bonds. The Balaban J connectivity index is 1.61. The van der Waals surface area contributed by atoms with Gasteiger partial charge in [-0.1, -0.05) is 48.5 Å². The van der Waals surface area contributed by atoms with Crippen LogP contribution in [0.5, 0.6) is 0 Å². The molecule has 1 N–H and O–H groups in total. The maximum Gasteiger partial charge on any atom is 0.256 e. The van der Waals surface area contributed by atoms with Gasteiger partial charge in [-0.15, -0.1) is 0 Å². The predicted octanol–water partition coefficient (Wildman–Crippen LogP) is 3.28. The molecule has 0 unspecified atom stereocenters. The maximum atomic E-state index is 14.5. The maximum absolute atomic E-state index is 14.5. The Hall–Kier alpha value is -3.28. The van der Waals surface area contributed by atoms with E-state index in [-0.39, 0.29) is 30.2 Å². The number of H-pyrrole nitrogens is 1. The number of halogens is 1. The SMILES string of the molecule is Cc1nc2c(c(=O)[nH]1)CN(C(=O)C[C@H](c1ccccc1)c1ccccc1F)C2. The van der Waals surface area contributed by atoms with E-state index in [2.05, 4.69) is 9.97 Å². The summed E-state index contributed by atoms with van der Waals surface area (Å²) in [6, 6.07) is 16.0. The number of benzene rings is 2. The Labute approximate surface area is 161 Å². The molecule has 0 saturated heterocycles. The number of carbonyl (C=O) groups is 1. The molecule has 0 spiro atoms. The molecule has 142 valence electrons. The van der Waals surface area contributed by atoms with Gasteiger partial charge in [0.15, 0.2) is 0 Å². The second-order valence-corrected chi connectivity index (χ2v) is 7.02. The Bertz CT molecular complexity index is 1080. The van der Waals surface area contributed by atoms with Crippen molar-refractivity contribution in [2.24, 2.45) is 0 Å². The average Bonchev–Trinajstić information content (AvgIpc) is 3.12. The summed E-state index contributed by atoms with van der Waals surface area (Å²) in [5.74, 6) is -0.326. The molecule has 0 aliphatic carbocycles. The van der Waals surface area contributed by atoms with Gasteiger partial charge in [0.2, 0.25) is 5.91 Å². The van der Waals surface area contributed by atoms with Crippen LogP contribution in [0.25, 0.3) is 0 Å². The molecule has 0 bridgehead atoms. The van der Waals surface area contributed by atoms with Crippen molar-refractivity contribution in [3.63, 3.8) is 0 Å². The molecular formula is C22H20FN3O2. The highest BCUT2D eigenvalue weighted by Gasteiger charge is 2.30. The van der Waals surface area contributed by atoms with Gasteiger partial charge < -0.3 is 9.88 Å². The smallest absolute Gasteiger partial charge is 0.256 e. The summed E-state index contributed by atoms with van der Waals surface area (Å²) >= 11 is 0. The fourth-order valence-corrected chi connectivity index (χ4v) is 3.72. The van der Waals surface area contributed by atoms with Crippen molar-refractivity contribution in [2.45, 2.75) is 32.4 Å². The Kier molecular flexibility index (Phi) is 4.77. The molecule has 0 radical (unpaired) electrons. The summed E-state index contributed by atoms with van der Waals surface area (Å²) in [6.45, 7) is 2.25. The van der Waals surface area contributed by atoms with Crippen molar-refractivity contribution in [3.05, 3.63) is 99.0 Å². The third kappa shape index (κ3) is 3.45. The van der Waals surface area contributed by atoms with Crippen LogP contribution in [0.2, 0.25) is 0 Å². The number of hydrogen-bond donors (Lipinski definition) is 1. The van der Waals surface area contributed by atoms with E-state index in [1.165, 1.54) is 6.07 Å². The van der Waals surface area contributed by atoms with Crippen LogP contribution >= 0.6 is 0 Å². The molecule has 4 rings (SSSR count). The number of aromatic amines is 1. The highest BCUT2D eigenvalue weighted by Crippen LogP contribution is 2.31. The number of rotatable bonds is 4. The van der Waals surface area contributed by atoms with E-state index in [0.717, 1.165) is 5.56 Å². The van der Waals surface area contributed by atoms with Gasteiger partial charge in [0, 0.05) is 12.3 Å². The second-order valence-electron chi connectivity index (χ2n) is 7.02. The lowest BCUT2D eigenvalue weighted by Crippen LogP contribution is -2.28. The molecular weight excluding hydrogens is 357 g/mol. The normalized spacial score (nSPS) is 14.0. The quantitative estimate of drug-likeness (QED) is 0.759. The van der Waals surface area contributed by atoms with Gasteiger partial charge >= 0.3 is 0 Å². The van der Waals surface area contributed by atoms with Crippen LogP contribution in [0.3, 0.4) is 0 Å². The van der Waals surface area contributed by atoms with Gasteiger partial charge in [-0.05, 0) is 24.1 Å². The fourth-order valence-electron chi connectivity index (χ4n) is 3.72. The van der Waals surface area contributed by atoms with Crippen LogP contribution in [0.1, 0.15) is 40.5 Å². The van der Waals surface area contributed by atoms with Crippen LogP contribution in [0, 0.1) is 12.7 Å².